The lowest BCUT2D eigenvalue weighted by atomic mass is 10.1. The molecule has 0 aliphatic rings. The van der Waals surface area contributed by atoms with Crippen LogP contribution in [0, 0.1) is 0 Å². The Morgan fingerprint density at radius 1 is 0.950 bits per heavy atom. The number of unbranched alkanes of at least 4 members (excludes halogenated alkanes) is 1. The molecular formula is C17H18Br2O. The second-order valence-electron chi connectivity index (χ2n) is 4.68. The molecule has 0 heterocycles. The summed E-state index contributed by atoms with van der Waals surface area (Å²) in [5, 5.41) is 0.832. The van der Waals surface area contributed by atoms with Crippen molar-refractivity contribution < 1.29 is 4.74 Å². The van der Waals surface area contributed by atoms with E-state index in [1.807, 2.05) is 12.1 Å². The quantitative estimate of drug-likeness (QED) is 0.427. The molecule has 0 saturated heterocycles. The fourth-order valence-corrected chi connectivity index (χ4v) is 3.24. The molecule has 0 aliphatic carbocycles. The zero-order valence-corrected chi connectivity index (χ0v) is 14.5. The van der Waals surface area contributed by atoms with Crippen LogP contribution >= 0.6 is 31.9 Å². The highest BCUT2D eigenvalue weighted by Crippen LogP contribution is 2.24. The summed E-state index contributed by atoms with van der Waals surface area (Å²) in [6.45, 7) is 0.774. The van der Waals surface area contributed by atoms with E-state index in [-0.39, 0.29) is 0 Å². The Balaban J connectivity index is 1.71. The van der Waals surface area contributed by atoms with Gasteiger partial charge in [0.25, 0.3) is 0 Å². The van der Waals surface area contributed by atoms with Gasteiger partial charge in [-0.1, -0.05) is 62.2 Å². The van der Waals surface area contributed by atoms with Crippen molar-refractivity contribution in [3.8, 4) is 5.75 Å². The van der Waals surface area contributed by atoms with Crippen LogP contribution in [0.5, 0.6) is 5.75 Å². The molecule has 2 aromatic rings. The molecule has 0 fully saturated rings. The van der Waals surface area contributed by atoms with Gasteiger partial charge in [-0.2, -0.15) is 0 Å². The third kappa shape index (κ3) is 4.95. The third-order valence-corrected chi connectivity index (χ3v) is 4.51. The van der Waals surface area contributed by atoms with E-state index in [0.717, 1.165) is 41.4 Å². The van der Waals surface area contributed by atoms with Crippen molar-refractivity contribution in [2.24, 2.45) is 0 Å². The molecule has 106 valence electrons. The minimum Gasteiger partial charge on any atom is -0.494 e. The highest BCUT2D eigenvalue weighted by molar-refractivity contribution is 9.10. The molecule has 2 rings (SSSR count). The van der Waals surface area contributed by atoms with E-state index in [0.29, 0.717) is 0 Å². The van der Waals surface area contributed by atoms with E-state index in [1.165, 1.54) is 11.1 Å². The number of hydrogen-bond donors (Lipinski definition) is 0. The first kappa shape index (κ1) is 15.6. The highest BCUT2D eigenvalue weighted by Gasteiger charge is 2.01. The molecule has 0 bridgehead atoms. The molecule has 2 aromatic carbocycles. The van der Waals surface area contributed by atoms with Crippen molar-refractivity contribution in [1.29, 1.82) is 0 Å². The van der Waals surface area contributed by atoms with E-state index in [1.54, 1.807) is 0 Å². The Kier molecular flexibility index (Phi) is 6.61. The first-order valence-corrected chi connectivity index (χ1v) is 8.72. The summed E-state index contributed by atoms with van der Waals surface area (Å²) in [7, 11) is 0. The van der Waals surface area contributed by atoms with E-state index in [4.69, 9.17) is 4.74 Å². The van der Waals surface area contributed by atoms with Gasteiger partial charge in [0.2, 0.25) is 0 Å². The maximum absolute atomic E-state index is 5.80. The summed E-state index contributed by atoms with van der Waals surface area (Å²) >= 11 is 7.00. The van der Waals surface area contributed by atoms with Crippen LogP contribution in [-0.2, 0) is 11.8 Å². The van der Waals surface area contributed by atoms with Crippen LogP contribution in [-0.4, -0.2) is 6.61 Å². The fraction of sp³-hybridized carbons (Fsp3) is 0.294. The summed E-state index contributed by atoms with van der Waals surface area (Å²) in [5.74, 6) is 0.947. The molecule has 0 aliphatic heterocycles. The smallest absolute Gasteiger partial charge is 0.119 e. The van der Waals surface area contributed by atoms with Gasteiger partial charge in [-0.15, -0.1) is 0 Å². The average Bonchev–Trinajstić information content (AvgIpc) is 2.49. The Bertz CT molecular complexity index is 526. The van der Waals surface area contributed by atoms with Crippen LogP contribution < -0.4 is 4.74 Å². The lowest BCUT2D eigenvalue weighted by Gasteiger charge is -2.08. The zero-order valence-electron chi connectivity index (χ0n) is 11.3. The number of alkyl halides is 1. The summed E-state index contributed by atoms with van der Waals surface area (Å²) in [5.41, 5.74) is 2.62. The predicted molar refractivity (Wildman–Crippen MR) is 91.6 cm³/mol. The van der Waals surface area contributed by atoms with Crippen molar-refractivity contribution >= 4 is 31.9 Å². The van der Waals surface area contributed by atoms with Gasteiger partial charge in [-0.05, 0) is 48.6 Å². The molecule has 0 N–H and O–H groups in total. The largest absolute Gasteiger partial charge is 0.494 e. The lowest BCUT2D eigenvalue weighted by molar-refractivity contribution is 0.306. The van der Waals surface area contributed by atoms with Crippen molar-refractivity contribution in [2.75, 3.05) is 6.61 Å². The molecule has 0 amide bonds. The molecule has 0 atom stereocenters. The van der Waals surface area contributed by atoms with Crippen molar-refractivity contribution in [2.45, 2.75) is 24.6 Å². The van der Waals surface area contributed by atoms with Crippen LogP contribution in [0.25, 0.3) is 0 Å². The van der Waals surface area contributed by atoms with Gasteiger partial charge in [0.15, 0.2) is 0 Å². The van der Waals surface area contributed by atoms with Crippen LogP contribution in [0.3, 0.4) is 0 Å². The van der Waals surface area contributed by atoms with Gasteiger partial charge in [0, 0.05) is 9.80 Å². The average molecular weight is 398 g/mol. The zero-order chi connectivity index (χ0) is 14.2. The number of aryl methyl sites for hydroxylation is 1. The molecule has 1 nitrogen and oxygen atoms in total. The van der Waals surface area contributed by atoms with Crippen LogP contribution in [0.15, 0.2) is 53.0 Å². The predicted octanol–water partition coefficient (Wildman–Crippen LogP) is 5.75. The Morgan fingerprint density at radius 2 is 1.75 bits per heavy atom. The first-order valence-electron chi connectivity index (χ1n) is 6.80. The maximum atomic E-state index is 5.80. The Morgan fingerprint density at radius 3 is 2.50 bits per heavy atom. The fourth-order valence-electron chi connectivity index (χ4n) is 2.01. The number of halogens is 2. The second-order valence-corrected chi connectivity index (χ2v) is 6.09. The number of benzene rings is 2. The van der Waals surface area contributed by atoms with Crippen LogP contribution in [0.1, 0.15) is 24.0 Å². The SMILES string of the molecule is BrCc1cc(OCCCCc2ccccc2)ccc1Br. The van der Waals surface area contributed by atoms with Crippen molar-refractivity contribution in [3.05, 3.63) is 64.1 Å². The van der Waals surface area contributed by atoms with Crippen LogP contribution in [0.4, 0.5) is 0 Å². The van der Waals surface area contributed by atoms with Gasteiger partial charge < -0.3 is 4.74 Å². The standard InChI is InChI=1S/C17H18Br2O/c18-13-15-12-16(9-10-17(15)19)20-11-5-4-8-14-6-2-1-3-7-14/h1-3,6-7,9-10,12H,4-5,8,11,13H2. The Labute approximate surface area is 137 Å². The van der Waals surface area contributed by atoms with E-state index in [2.05, 4.69) is 68.3 Å². The maximum Gasteiger partial charge on any atom is 0.119 e. The first-order chi connectivity index (χ1) is 9.79. The molecular weight excluding hydrogens is 380 g/mol. The van der Waals surface area contributed by atoms with Gasteiger partial charge in [-0.3, -0.25) is 0 Å². The molecule has 0 unspecified atom stereocenters. The molecule has 0 aromatic heterocycles. The normalized spacial score (nSPS) is 10.5. The van der Waals surface area contributed by atoms with Crippen molar-refractivity contribution in [1.82, 2.24) is 0 Å². The molecule has 20 heavy (non-hydrogen) atoms. The van der Waals surface area contributed by atoms with E-state index in [9.17, 15) is 0 Å². The molecule has 0 spiro atoms. The van der Waals surface area contributed by atoms with Gasteiger partial charge in [0.05, 0.1) is 6.61 Å². The number of hydrogen-bond acceptors (Lipinski definition) is 1. The molecule has 0 radical (unpaired) electrons. The molecule has 3 heteroatoms. The lowest BCUT2D eigenvalue weighted by Crippen LogP contribution is -1.99. The highest BCUT2D eigenvalue weighted by atomic mass is 79.9. The van der Waals surface area contributed by atoms with Crippen LogP contribution in [0.2, 0.25) is 0 Å². The monoisotopic (exact) mass is 396 g/mol. The molecule has 0 saturated carbocycles. The van der Waals surface area contributed by atoms with Gasteiger partial charge >= 0.3 is 0 Å². The van der Waals surface area contributed by atoms with Gasteiger partial charge in [0.1, 0.15) is 5.75 Å². The van der Waals surface area contributed by atoms with Crippen molar-refractivity contribution in [3.63, 3.8) is 0 Å². The second kappa shape index (κ2) is 8.48. The van der Waals surface area contributed by atoms with E-state index < -0.39 is 0 Å². The number of ether oxygens (including phenoxy) is 1. The van der Waals surface area contributed by atoms with E-state index >= 15 is 0 Å². The third-order valence-electron chi connectivity index (χ3n) is 3.13. The topological polar surface area (TPSA) is 9.23 Å². The summed E-state index contributed by atoms with van der Waals surface area (Å²) in [6.07, 6.45) is 3.36. The summed E-state index contributed by atoms with van der Waals surface area (Å²) in [4.78, 5) is 0. The Hall–Kier alpha value is -0.800. The van der Waals surface area contributed by atoms with Gasteiger partial charge in [-0.25, -0.2) is 0 Å². The minimum absolute atomic E-state index is 0.774. The summed E-state index contributed by atoms with van der Waals surface area (Å²) in [6, 6.07) is 16.7. The summed E-state index contributed by atoms with van der Waals surface area (Å²) < 4.78 is 6.92. The minimum atomic E-state index is 0.774. The number of rotatable bonds is 7.